The standard InChI is InChI=1S/C19H26N6O4/c1-2-4-13-11-15(26)25-19(20-13)22-18(23-25)21-16(27)12-6-8-24(9-7-12)17(28)14-5-3-10-29-14/h11-12,14H,2-10H2,1H3,(H2,20,21,22,23,27). The lowest BCUT2D eigenvalue weighted by Crippen LogP contribution is -2.45. The normalized spacial score (nSPS) is 20.3. The van der Waals surface area contributed by atoms with Crippen molar-refractivity contribution in [3.63, 3.8) is 0 Å². The molecule has 1 unspecified atom stereocenters. The van der Waals surface area contributed by atoms with Crippen molar-refractivity contribution in [3.8, 4) is 0 Å². The number of fused-ring (bicyclic) bond motifs is 1. The molecule has 2 amide bonds. The van der Waals surface area contributed by atoms with Crippen LogP contribution in [-0.4, -0.2) is 62.1 Å². The fraction of sp³-hybridized carbons (Fsp3) is 0.632. The first-order valence-electron chi connectivity index (χ1n) is 10.2. The molecular formula is C19H26N6O4. The highest BCUT2D eigenvalue weighted by Gasteiger charge is 2.32. The molecule has 2 fully saturated rings. The number of aromatic nitrogens is 4. The van der Waals surface area contributed by atoms with Gasteiger partial charge in [0.15, 0.2) is 0 Å². The third-order valence-electron chi connectivity index (χ3n) is 5.51. The van der Waals surface area contributed by atoms with E-state index in [0.29, 0.717) is 44.7 Å². The number of H-pyrrole nitrogens is 1. The number of anilines is 1. The van der Waals surface area contributed by atoms with Crippen LogP contribution in [0.1, 0.15) is 44.7 Å². The number of hydrogen-bond donors (Lipinski definition) is 2. The zero-order valence-electron chi connectivity index (χ0n) is 16.5. The summed E-state index contributed by atoms with van der Waals surface area (Å²) in [5, 5.41) is 5.53. The van der Waals surface area contributed by atoms with Crippen LogP contribution in [0.5, 0.6) is 0 Å². The van der Waals surface area contributed by atoms with Gasteiger partial charge in [-0.3, -0.25) is 24.8 Å². The van der Waals surface area contributed by atoms with Gasteiger partial charge in [-0.1, -0.05) is 13.3 Å². The lowest BCUT2D eigenvalue weighted by atomic mass is 9.95. The molecule has 10 heteroatoms. The van der Waals surface area contributed by atoms with Gasteiger partial charge in [-0.05, 0) is 32.1 Å². The van der Waals surface area contributed by atoms with Crippen molar-refractivity contribution in [1.29, 1.82) is 0 Å². The number of likely N-dealkylation sites (tertiary alicyclic amines) is 1. The molecule has 2 aromatic heterocycles. The molecule has 29 heavy (non-hydrogen) atoms. The highest BCUT2D eigenvalue weighted by Crippen LogP contribution is 2.22. The Morgan fingerprint density at radius 2 is 2.07 bits per heavy atom. The fourth-order valence-corrected chi connectivity index (χ4v) is 3.92. The van der Waals surface area contributed by atoms with Crippen LogP contribution in [0.25, 0.3) is 5.78 Å². The average molecular weight is 402 g/mol. The topological polar surface area (TPSA) is 122 Å². The summed E-state index contributed by atoms with van der Waals surface area (Å²) >= 11 is 0. The Bertz CT molecular complexity index is 953. The van der Waals surface area contributed by atoms with Gasteiger partial charge in [-0.2, -0.15) is 9.50 Å². The number of piperidine rings is 1. The summed E-state index contributed by atoms with van der Waals surface area (Å²) in [4.78, 5) is 47.6. The molecule has 156 valence electrons. The Balaban J connectivity index is 1.36. The van der Waals surface area contributed by atoms with Crippen molar-refractivity contribution >= 4 is 23.5 Å². The molecule has 2 saturated heterocycles. The van der Waals surface area contributed by atoms with Gasteiger partial charge in [0.05, 0.1) is 5.69 Å². The van der Waals surface area contributed by atoms with Gasteiger partial charge in [0.2, 0.25) is 11.9 Å². The summed E-state index contributed by atoms with van der Waals surface area (Å²) in [5.41, 5.74) is 0.428. The zero-order valence-corrected chi connectivity index (χ0v) is 16.5. The number of carbonyl (C=O) groups is 2. The van der Waals surface area contributed by atoms with Crippen LogP contribution < -0.4 is 10.9 Å². The monoisotopic (exact) mass is 402 g/mol. The van der Waals surface area contributed by atoms with Gasteiger partial charge in [-0.25, -0.2) is 4.98 Å². The van der Waals surface area contributed by atoms with Crippen LogP contribution in [0.3, 0.4) is 0 Å². The summed E-state index contributed by atoms with van der Waals surface area (Å²) in [5.74, 6) is 0.0958. The third kappa shape index (κ3) is 4.16. The van der Waals surface area contributed by atoms with Gasteiger partial charge >= 0.3 is 0 Å². The van der Waals surface area contributed by atoms with Crippen molar-refractivity contribution in [2.75, 3.05) is 25.0 Å². The van der Waals surface area contributed by atoms with Crippen molar-refractivity contribution < 1.29 is 14.3 Å². The number of aryl methyl sites for hydroxylation is 1. The average Bonchev–Trinajstić information content (AvgIpc) is 3.38. The minimum absolute atomic E-state index is 0.0342. The van der Waals surface area contributed by atoms with E-state index in [4.69, 9.17) is 4.74 Å². The summed E-state index contributed by atoms with van der Waals surface area (Å²) in [6, 6.07) is 1.47. The summed E-state index contributed by atoms with van der Waals surface area (Å²) in [6.45, 7) is 3.74. The largest absolute Gasteiger partial charge is 0.368 e. The first-order chi connectivity index (χ1) is 14.0. The Kier molecular flexibility index (Phi) is 5.61. The Hall–Kier alpha value is -2.75. The van der Waals surface area contributed by atoms with Crippen LogP contribution in [0.4, 0.5) is 5.95 Å². The SMILES string of the molecule is CCCc1cc(=O)n2[nH]c(NC(=O)C3CCN(C(=O)C4CCCO4)CC3)nc2n1. The number of hydrogen-bond acceptors (Lipinski definition) is 6. The zero-order chi connectivity index (χ0) is 20.4. The van der Waals surface area contributed by atoms with Crippen LogP contribution in [-0.2, 0) is 20.7 Å². The molecule has 0 radical (unpaired) electrons. The Morgan fingerprint density at radius 3 is 2.76 bits per heavy atom. The smallest absolute Gasteiger partial charge is 0.274 e. The molecule has 4 heterocycles. The lowest BCUT2D eigenvalue weighted by molar-refractivity contribution is -0.143. The second-order valence-electron chi connectivity index (χ2n) is 7.63. The number of rotatable bonds is 5. The van der Waals surface area contributed by atoms with Crippen LogP contribution in [0.15, 0.2) is 10.9 Å². The van der Waals surface area contributed by atoms with Gasteiger partial charge in [0.1, 0.15) is 6.10 Å². The molecule has 2 N–H and O–H groups in total. The van der Waals surface area contributed by atoms with Crippen molar-refractivity contribution in [1.82, 2.24) is 24.5 Å². The Morgan fingerprint density at radius 1 is 1.28 bits per heavy atom. The number of amides is 2. The predicted molar refractivity (Wildman–Crippen MR) is 105 cm³/mol. The molecule has 2 aromatic rings. The van der Waals surface area contributed by atoms with Crippen molar-refractivity contribution in [3.05, 3.63) is 22.1 Å². The maximum atomic E-state index is 12.6. The number of aromatic amines is 1. The van der Waals surface area contributed by atoms with Gasteiger partial charge in [0, 0.05) is 31.7 Å². The van der Waals surface area contributed by atoms with E-state index >= 15 is 0 Å². The number of nitrogens with zero attached hydrogens (tertiary/aromatic N) is 4. The Labute approximate surface area is 167 Å². The molecule has 0 spiro atoms. The van der Waals surface area contributed by atoms with Crippen LogP contribution in [0.2, 0.25) is 0 Å². The molecule has 0 aromatic carbocycles. The quantitative estimate of drug-likeness (QED) is 0.760. The molecule has 1 atom stereocenters. The highest BCUT2D eigenvalue weighted by molar-refractivity contribution is 5.91. The second kappa shape index (κ2) is 8.32. The minimum Gasteiger partial charge on any atom is -0.368 e. The number of ether oxygens (including phenoxy) is 1. The van der Waals surface area contributed by atoms with Crippen molar-refractivity contribution in [2.45, 2.75) is 51.6 Å². The van der Waals surface area contributed by atoms with Gasteiger partial charge < -0.3 is 9.64 Å². The number of carbonyl (C=O) groups excluding carboxylic acids is 2. The first kappa shape index (κ1) is 19.6. The van der Waals surface area contributed by atoms with E-state index < -0.39 is 0 Å². The van der Waals surface area contributed by atoms with Crippen LogP contribution in [0, 0.1) is 5.92 Å². The maximum absolute atomic E-state index is 12.6. The first-order valence-corrected chi connectivity index (χ1v) is 10.2. The summed E-state index contributed by atoms with van der Waals surface area (Å²) in [6.07, 6.45) is 4.13. The van der Waals surface area contributed by atoms with Crippen molar-refractivity contribution in [2.24, 2.45) is 5.92 Å². The highest BCUT2D eigenvalue weighted by atomic mass is 16.5. The van der Waals surface area contributed by atoms with E-state index in [9.17, 15) is 14.4 Å². The lowest BCUT2D eigenvalue weighted by Gasteiger charge is -2.32. The van der Waals surface area contributed by atoms with E-state index in [1.165, 1.54) is 10.6 Å². The fourth-order valence-electron chi connectivity index (χ4n) is 3.92. The van der Waals surface area contributed by atoms with Crippen LogP contribution >= 0.6 is 0 Å². The molecule has 0 aliphatic carbocycles. The number of nitrogens with one attached hydrogen (secondary N) is 2. The summed E-state index contributed by atoms with van der Waals surface area (Å²) in [7, 11) is 0. The molecule has 4 rings (SSSR count). The van der Waals surface area contributed by atoms with E-state index in [1.807, 2.05) is 6.92 Å². The third-order valence-corrected chi connectivity index (χ3v) is 5.51. The molecule has 2 aliphatic heterocycles. The van der Waals surface area contributed by atoms with E-state index in [2.05, 4.69) is 20.4 Å². The van der Waals surface area contributed by atoms with Gasteiger partial charge in [-0.15, -0.1) is 0 Å². The molecule has 2 aliphatic rings. The predicted octanol–water partition coefficient (Wildman–Crippen LogP) is 0.726. The summed E-state index contributed by atoms with van der Waals surface area (Å²) < 4.78 is 6.69. The molecular weight excluding hydrogens is 376 g/mol. The second-order valence-corrected chi connectivity index (χ2v) is 7.63. The molecule has 0 bridgehead atoms. The molecule has 10 nitrogen and oxygen atoms in total. The van der Waals surface area contributed by atoms with E-state index in [1.54, 1.807) is 4.90 Å². The van der Waals surface area contributed by atoms with E-state index in [0.717, 1.165) is 19.3 Å². The van der Waals surface area contributed by atoms with Gasteiger partial charge in [0.25, 0.3) is 17.2 Å². The minimum atomic E-state index is -0.320. The van der Waals surface area contributed by atoms with E-state index in [-0.39, 0.29) is 41.1 Å². The maximum Gasteiger partial charge on any atom is 0.274 e. The molecule has 0 saturated carbocycles.